The average molecular weight is 372 g/mol. The fourth-order valence-electron chi connectivity index (χ4n) is 2.46. The van der Waals surface area contributed by atoms with Crippen molar-refractivity contribution in [2.75, 3.05) is 36.7 Å². The monoisotopic (exact) mass is 371 g/mol. The van der Waals surface area contributed by atoms with Gasteiger partial charge in [-0.3, -0.25) is 9.59 Å². The van der Waals surface area contributed by atoms with E-state index in [1.807, 2.05) is 61.5 Å². The largest absolute Gasteiger partial charge is 0.318 e. The molecule has 0 saturated carbocycles. The highest BCUT2D eigenvalue weighted by molar-refractivity contribution is 7.98. The minimum absolute atomic E-state index is 0.608. The molecule has 0 unspecified atom stereocenters. The fourth-order valence-corrected chi connectivity index (χ4v) is 2.90. The lowest BCUT2D eigenvalue weighted by molar-refractivity contribution is -0.132. The number of amides is 2. The number of carbonyl (C=O) groups excluding carboxylic acids is 2. The SMILES string of the molecule is CSCCc1ccc(NC(=O)C(=O)Nc2cccc(CN(C)C)c2)cc1. The van der Waals surface area contributed by atoms with Crippen LogP contribution in [-0.2, 0) is 22.6 Å². The second-order valence-electron chi connectivity index (χ2n) is 6.29. The number of hydrogen-bond donors (Lipinski definition) is 2. The average Bonchev–Trinajstić information content (AvgIpc) is 2.60. The van der Waals surface area contributed by atoms with Gasteiger partial charge in [-0.05, 0) is 67.9 Å². The van der Waals surface area contributed by atoms with Crippen molar-refractivity contribution in [2.24, 2.45) is 0 Å². The number of carbonyl (C=O) groups is 2. The first-order valence-electron chi connectivity index (χ1n) is 8.42. The van der Waals surface area contributed by atoms with Gasteiger partial charge >= 0.3 is 11.8 Å². The van der Waals surface area contributed by atoms with Crippen LogP contribution in [0, 0.1) is 0 Å². The van der Waals surface area contributed by atoms with Crippen LogP contribution in [0.2, 0.25) is 0 Å². The van der Waals surface area contributed by atoms with Crippen molar-refractivity contribution in [1.29, 1.82) is 0 Å². The van der Waals surface area contributed by atoms with Gasteiger partial charge in [0.25, 0.3) is 0 Å². The van der Waals surface area contributed by atoms with E-state index in [1.165, 1.54) is 5.56 Å². The minimum Gasteiger partial charge on any atom is -0.318 e. The van der Waals surface area contributed by atoms with Gasteiger partial charge in [0, 0.05) is 17.9 Å². The van der Waals surface area contributed by atoms with Crippen molar-refractivity contribution in [2.45, 2.75) is 13.0 Å². The number of rotatable bonds is 7. The maximum Gasteiger partial charge on any atom is 0.314 e. The van der Waals surface area contributed by atoms with Crippen LogP contribution in [0.1, 0.15) is 11.1 Å². The molecule has 2 aromatic carbocycles. The number of benzene rings is 2. The summed E-state index contributed by atoms with van der Waals surface area (Å²) in [6.07, 6.45) is 3.06. The first-order chi connectivity index (χ1) is 12.5. The molecular weight excluding hydrogens is 346 g/mol. The molecule has 6 heteroatoms. The molecule has 0 bridgehead atoms. The van der Waals surface area contributed by atoms with Gasteiger partial charge in [-0.2, -0.15) is 11.8 Å². The normalized spacial score (nSPS) is 10.6. The summed E-state index contributed by atoms with van der Waals surface area (Å²) >= 11 is 1.79. The molecule has 138 valence electrons. The lowest BCUT2D eigenvalue weighted by atomic mass is 10.1. The van der Waals surface area contributed by atoms with Crippen molar-refractivity contribution in [3.05, 3.63) is 59.7 Å². The van der Waals surface area contributed by atoms with Crippen molar-refractivity contribution < 1.29 is 9.59 Å². The third-order valence-electron chi connectivity index (χ3n) is 3.70. The molecule has 2 aromatic rings. The van der Waals surface area contributed by atoms with Gasteiger partial charge in [0.1, 0.15) is 0 Å². The van der Waals surface area contributed by atoms with Crippen LogP contribution >= 0.6 is 11.8 Å². The lowest BCUT2D eigenvalue weighted by Gasteiger charge is -2.11. The van der Waals surface area contributed by atoms with Crippen LogP contribution < -0.4 is 10.6 Å². The highest BCUT2D eigenvalue weighted by Crippen LogP contribution is 2.13. The molecule has 0 aliphatic rings. The second-order valence-corrected chi connectivity index (χ2v) is 7.27. The van der Waals surface area contributed by atoms with Gasteiger partial charge in [-0.15, -0.1) is 0 Å². The zero-order valence-corrected chi connectivity index (χ0v) is 16.2. The van der Waals surface area contributed by atoms with Gasteiger partial charge < -0.3 is 15.5 Å². The molecule has 26 heavy (non-hydrogen) atoms. The topological polar surface area (TPSA) is 61.4 Å². The van der Waals surface area contributed by atoms with Crippen LogP contribution in [0.15, 0.2) is 48.5 Å². The van der Waals surface area contributed by atoms with Gasteiger partial charge in [0.2, 0.25) is 0 Å². The maximum atomic E-state index is 12.1. The van der Waals surface area contributed by atoms with Crippen molar-refractivity contribution in [1.82, 2.24) is 4.90 Å². The highest BCUT2D eigenvalue weighted by Gasteiger charge is 2.14. The number of aryl methyl sites for hydroxylation is 1. The molecule has 0 fully saturated rings. The Bertz CT molecular complexity index is 745. The number of nitrogens with zero attached hydrogens (tertiary/aromatic N) is 1. The molecular formula is C20H25N3O2S. The third kappa shape index (κ3) is 6.54. The molecule has 5 nitrogen and oxygen atoms in total. The summed E-state index contributed by atoms with van der Waals surface area (Å²) in [5.41, 5.74) is 3.49. The van der Waals surface area contributed by atoms with E-state index in [0.29, 0.717) is 11.4 Å². The van der Waals surface area contributed by atoms with Crippen molar-refractivity contribution in [3.63, 3.8) is 0 Å². The van der Waals surface area contributed by atoms with Gasteiger partial charge in [0.05, 0.1) is 0 Å². The molecule has 2 rings (SSSR count). The molecule has 0 aliphatic heterocycles. The summed E-state index contributed by atoms with van der Waals surface area (Å²) in [6, 6.07) is 15.0. The molecule has 0 atom stereocenters. The summed E-state index contributed by atoms with van der Waals surface area (Å²) in [5.74, 6) is -0.306. The lowest BCUT2D eigenvalue weighted by Crippen LogP contribution is -2.29. The maximum absolute atomic E-state index is 12.1. The van der Waals surface area contributed by atoms with Crippen LogP contribution in [0.5, 0.6) is 0 Å². The third-order valence-corrected chi connectivity index (χ3v) is 4.31. The van der Waals surface area contributed by atoms with E-state index in [0.717, 1.165) is 24.3 Å². The summed E-state index contributed by atoms with van der Waals surface area (Å²) in [4.78, 5) is 26.3. The Labute approximate surface area is 159 Å². The Morgan fingerprint density at radius 1 is 0.923 bits per heavy atom. The number of anilines is 2. The van der Waals surface area contributed by atoms with E-state index in [2.05, 4.69) is 16.9 Å². The Morgan fingerprint density at radius 3 is 2.19 bits per heavy atom. The predicted molar refractivity (Wildman–Crippen MR) is 110 cm³/mol. The second kappa shape index (κ2) is 9.99. The summed E-state index contributed by atoms with van der Waals surface area (Å²) < 4.78 is 0. The molecule has 0 saturated heterocycles. The zero-order chi connectivity index (χ0) is 18.9. The molecule has 2 N–H and O–H groups in total. The van der Waals surface area contributed by atoms with Gasteiger partial charge in [-0.25, -0.2) is 0 Å². The quantitative estimate of drug-likeness (QED) is 0.734. The molecule has 0 aliphatic carbocycles. The van der Waals surface area contributed by atoms with E-state index >= 15 is 0 Å². The summed E-state index contributed by atoms with van der Waals surface area (Å²) in [6.45, 7) is 0.763. The van der Waals surface area contributed by atoms with Crippen LogP contribution in [-0.4, -0.2) is 42.8 Å². The minimum atomic E-state index is -0.682. The Hall–Kier alpha value is -2.31. The van der Waals surface area contributed by atoms with E-state index in [-0.39, 0.29) is 0 Å². The Kier molecular flexibility index (Phi) is 7.69. The van der Waals surface area contributed by atoms with Crippen molar-refractivity contribution in [3.8, 4) is 0 Å². The zero-order valence-electron chi connectivity index (χ0n) is 15.4. The van der Waals surface area contributed by atoms with E-state index in [4.69, 9.17) is 0 Å². The van der Waals surface area contributed by atoms with Gasteiger partial charge in [-0.1, -0.05) is 24.3 Å². The van der Waals surface area contributed by atoms with Crippen LogP contribution in [0.3, 0.4) is 0 Å². The molecule has 0 aromatic heterocycles. The Morgan fingerprint density at radius 2 is 1.58 bits per heavy atom. The summed E-state index contributed by atoms with van der Waals surface area (Å²) in [7, 11) is 3.95. The van der Waals surface area contributed by atoms with Crippen LogP contribution in [0.25, 0.3) is 0 Å². The fraction of sp³-hybridized carbons (Fsp3) is 0.300. The van der Waals surface area contributed by atoms with E-state index in [9.17, 15) is 9.59 Å². The first kappa shape index (κ1) is 20.0. The standard InChI is InChI=1S/C20H25N3O2S/c1-23(2)14-16-5-4-6-18(13-16)22-20(25)19(24)21-17-9-7-15(8-10-17)11-12-26-3/h4-10,13H,11-12,14H2,1-3H3,(H,21,24)(H,22,25). The molecule has 2 amide bonds. The van der Waals surface area contributed by atoms with Crippen LogP contribution in [0.4, 0.5) is 11.4 Å². The molecule has 0 spiro atoms. The van der Waals surface area contributed by atoms with Crippen molar-refractivity contribution >= 4 is 35.0 Å². The number of hydrogen-bond acceptors (Lipinski definition) is 4. The number of nitrogens with one attached hydrogen (secondary N) is 2. The van der Waals surface area contributed by atoms with Gasteiger partial charge in [0.15, 0.2) is 0 Å². The highest BCUT2D eigenvalue weighted by atomic mass is 32.2. The molecule has 0 heterocycles. The van der Waals surface area contributed by atoms with E-state index < -0.39 is 11.8 Å². The Balaban J connectivity index is 1.92. The first-order valence-corrected chi connectivity index (χ1v) is 9.81. The molecule has 0 radical (unpaired) electrons. The van der Waals surface area contributed by atoms with E-state index in [1.54, 1.807) is 17.8 Å². The number of thioether (sulfide) groups is 1. The predicted octanol–water partition coefficient (Wildman–Crippen LogP) is 3.23. The smallest absolute Gasteiger partial charge is 0.314 e. The summed E-state index contributed by atoms with van der Waals surface area (Å²) in [5, 5.41) is 5.27.